The minimum Gasteiger partial charge on any atom is -0.214 e. The Hall–Kier alpha value is 0.0795. The molecule has 0 nitrogen and oxygen atoms in total. The van der Waals surface area contributed by atoms with Crippen LogP contribution in [0.25, 0.3) is 0 Å². The van der Waals surface area contributed by atoms with Crippen molar-refractivity contribution in [1.29, 1.82) is 0 Å². The molecule has 0 saturated heterocycles. The summed E-state index contributed by atoms with van der Waals surface area (Å²) in [5.41, 5.74) is 6.94. The van der Waals surface area contributed by atoms with E-state index in [1.54, 1.807) is 22.3 Å². The number of hydrogen-bond donors (Lipinski definition) is 0. The van der Waals surface area contributed by atoms with Crippen LogP contribution in [0.3, 0.4) is 0 Å². The van der Waals surface area contributed by atoms with Gasteiger partial charge in [0, 0.05) is 0 Å². The second-order valence-corrected chi connectivity index (χ2v) is 25.0. The van der Waals surface area contributed by atoms with Crippen LogP contribution in [-0.4, -0.2) is 20.6 Å². The fraction of sp³-hybridized carbons (Fsp3) is 0.722. The largest absolute Gasteiger partial charge is 2.00 e. The minimum absolute atomic E-state index is 0. The molecule has 2 rings (SSSR count). The molecule has 0 spiro atoms. The van der Waals surface area contributed by atoms with Gasteiger partial charge in [-0.25, -0.2) is 18.2 Å². The number of rotatable bonds is 4. The van der Waals surface area contributed by atoms with Gasteiger partial charge < -0.3 is 0 Å². The van der Waals surface area contributed by atoms with Crippen molar-refractivity contribution in [2.45, 2.75) is 168 Å². The summed E-state index contributed by atoms with van der Waals surface area (Å²) < 4.78 is 0. The van der Waals surface area contributed by atoms with E-state index in [2.05, 4.69) is 131 Å². The summed E-state index contributed by atoms with van der Waals surface area (Å²) in [4.78, 5) is 0. The normalized spacial score (nSPS) is 13.8. The van der Waals surface area contributed by atoms with Gasteiger partial charge in [0.2, 0.25) is 0 Å². The van der Waals surface area contributed by atoms with Gasteiger partial charge in [-0.05, 0) is 32.2 Å². The first kappa shape index (κ1) is 39.1. The molecule has 0 fully saturated rings. The molecule has 0 bridgehead atoms. The van der Waals surface area contributed by atoms with Crippen LogP contribution in [0, 0.1) is 0 Å². The first-order chi connectivity index (χ1) is 16.7. The summed E-state index contributed by atoms with van der Waals surface area (Å²) in [7, 11) is -0.375. The van der Waals surface area contributed by atoms with Crippen LogP contribution >= 0.6 is 15.8 Å². The molecule has 0 unspecified atom stereocenters. The summed E-state index contributed by atoms with van der Waals surface area (Å²) in [5, 5.41) is 1.34. The molecule has 0 amide bonds. The maximum atomic E-state index is 2.65. The Morgan fingerprint density at radius 3 is 1.21 bits per heavy atom. The van der Waals surface area contributed by atoms with Gasteiger partial charge >= 0.3 is 17.1 Å². The van der Waals surface area contributed by atoms with E-state index < -0.39 is 0 Å². The molecule has 0 saturated carbocycles. The summed E-state index contributed by atoms with van der Waals surface area (Å²) in [6, 6.07) is 12.7. The summed E-state index contributed by atoms with van der Waals surface area (Å²) >= 11 is 0. The molecule has 0 N–H and O–H groups in total. The zero-order chi connectivity index (χ0) is 30.1. The Kier molecular flexibility index (Phi) is 13.6. The van der Waals surface area contributed by atoms with Crippen molar-refractivity contribution in [3.05, 3.63) is 58.7 Å². The molecule has 0 atom stereocenters. The maximum Gasteiger partial charge on any atom is 2.00 e. The van der Waals surface area contributed by atoms with E-state index in [1.807, 2.05) is 30.3 Å². The zero-order valence-corrected chi connectivity index (χ0v) is 32.0. The SMILES string of the molecule is CC(C)(C)c1cc(CP(C(C)(C)C)C(C)(C)C)c(CP(C(C)(C)C)C(C)(C)C)[c-]1C(C)(C)C.[Fe+2].c1cc[cH-]c1. The third kappa shape index (κ3) is 11.7. The molecule has 0 aliphatic rings. The van der Waals surface area contributed by atoms with Crippen molar-refractivity contribution < 1.29 is 17.1 Å². The van der Waals surface area contributed by atoms with Crippen LogP contribution in [0.15, 0.2) is 36.4 Å². The number of hydrogen-bond acceptors (Lipinski definition) is 0. The van der Waals surface area contributed by atoms with E-state index in [4.69, 9.17) is 0 Å². The van der Waals surface area contributed by atoms with Crippen LogP contribution in [0.4, 0.5) is 0 Å². The van der Waals surface area contributed by atoms with E-state index in [0.29, 0.717) is 20.6 Å². The molecule has 0 heterocycles. The molecule has 39 heavy (non-hydrogen) atoms. The Morgan fingerprint density at radius 2 is 0.949 bits per heavy atom. The van der Waals surface area contributed by atoms with Crippen molar-refractivity contribution in [1.82, 2.24) is 0 Å². The summed E-state index contributed by atoms with van der Waals surface area (Å²) in [5.74, 6) is 0. The molecule has 2 aromatic carbocycles. The first-order valence-corrected chi connectivity index (χ1v) is 17.8. The molecule has 0 aliphatic heterocycles. The molecular formula is C36H64FeP2. The van der Waals surface area contributed by atoms with Gasteiger partial charge in [0.1, 0.15) is 0 Å². The van der Waals surface area contributed by atoms with Crippen LogP contribution in [0.5, 0.6) is 0 Å². The zero-order valence-electron chi connectivity index (χ0n) is 29.1. The van der Waals surface area contributed by atoms with Crippen molar-refractivity contribution in [2.24, 2.45) is 0 Å². The molecule has 3 heteroatoms. The third-order valence-corrected chi connectivity index (χ3v) is 15.0. The van der Waals surface area contributed by atoms with E-state index >= 15 is 0 Å². The molecule has 0 radical (unpaired) electrons. The Morgan fingerprint density at radius 1 is 0.590 bits per heavy atom. The topological polar surface area (TPSA) is 0 Å². The van der Waals surface area contributed by atoms with Crippen LogP contribution < -0.4 is 0 Å². The molecule has 226 valence electrons. The van der Waals surface area contributed by atoms with Crippen LogP contribution in [0.1, 0.15) is 147 Å². The fourth-order valence-electron chi connectivity index (χ4n) is 6.04. The first-order valence-electron chi connectivity index (χ1n) is 14.7. The third-order valence-electron chi connectivity index (χ3n) is 7.27. The Balaban J connectivity index is 0.00000215. The van der Waals surface area contributed by atoms with Crippen molar-refractivity contribution >= 4 is 15.8 Å². The molecule has 0 aliphatic carbocycles. The Bertz CT molecular complexity index is 921. The Labute approximate surface area is 259 Å². The van der Waals surface area contributed by atoms with Gasteiger partial charge in [0.05, 0.1) is 0 Å². The minimum atomic E-state index is -0.195. The maximum absolute atomic E-state index is 2.65. The van der Waals surface area contributed by atoms with E-state index in [1.165, 1.54) is 12.3 Å². The van der Waals surface area contributed by atoms with Crippen molar-refractivity contribution in [3.8, 4) is 0 Å². The predicted octanol–water partition coefficient (Wildman–Crippen LogP) is 12.6. The monoisotopic (exact) mass is 614 g/mol. The average Bonchev–Trinajstić information content (AvgIpc) is 3.30. The van der Waals surface area contributed by atoms with Gasteiger partial charge in [-0.1, -0.05) is 144 Å². The van der Waals surface area contributed by atoms with Crippen molar-refractivity contribution in [2.75, 3.05) is 0 Å². The van der Waals surface area contributed by atoms with Gasteiger partial charge in [0.25, 0.3) is 0 Å². The molecular weight excluding hydrogens is 550 g/mol. The van der Waals surface area contributed by atoms with Crippen LogP contribution in [0.2, 0.25) is 0 Å². The fourth-order valence-corrected chi connectivity index (χ4v) is 13.3. The average molecular weight is 615 g/mol. The smallest absolute Gasteiger partial charge is 0.214 e. The van der Waals surface area contributed by atoms with Crippen LogP contribution in [-0.2, 0) is 40.2 Å². The molecule has 0 aromatic heterocycles. The van der Waals surface area contributed by atoms with Gasteiger partial charge in [-0.15, -0.1) is 13.5 Å². The van der Waals surface area contributed by atoms with E-state index in [9.17, 15) is 0 Å². The standard InChI is InChI=1S/C31H59P2.C5H5.Fe/c1-26(2,3)24-19-22(20-32(28(7,8)9)29(10,11)12)23(25(24)27(4,5)6)21-33(30(13,14)15)31(16,17)18;1-2-4-5-3-1;/h19H,20-21H2,1-18H3;1-5H;/q2*-1;+2. The van der Waals surface area contributed by atoms with E-state index in [0.717, 1.165) is 0 Å². The van der Waals surface area contributed by atoms with Gasteiger partial charge in [-0.3, -0.25) is 0 Å². The molecule has 2 aromatic rings. The second-order valence-electron chi connectivity index (χ2n) is 17.3. The second kappa shape index (κ2) is 13.6. The summed E-state index contributed by atoms with van der Waals surface area (Å²) in [6.45, 7) is 44.3. The van der Waals surface area contributed by atoms with Crippen molar-refractivity contribution in [3.63, 3.8) is 0 Å². The quantitative estimate of drug-likeness (QED) is 0.183. The summed E-state index contributed by atoms with van der Waals surface area (Å²) in [6.07, 6.45) is 2.49. The predicted molar refractivity (Wildman–Crippen MR) is 182 cm³/mol. The van der Waals surface area contributed by atoms with Gasteiger partial charge in [-0.2, -0.15) is 34.9 Å². The van der Waals surface area contributed by atoms with Gasteiger partial charge in [0.15, 0.2) is 0 Å². The van der Waals surface area contributed by atoms with E-state index in [-0.39, 0.29) is 43.7 Å².